The average molecular weight is 332 g/mol. The molecule has 0 spiro atoms. The molecule has 0 unspecified atom stereocenters. The van der Waals surface area contributed by atoms with Crippen molar-refractivity contribution in [2.24, 2.45) is 0 Å². The normalized spacial score (nSPS) is 11.5. The summed E-state index contributed by atoms with van der Waals surface area (Å²) in [5, 5.41) is 2.82. The maximum Gasteiger partial charge on any atom is 0.354 e. The first-order valence-electron chi connectivity index (χ1n) is 6.85. The number of hydrogen-bond donors (Lipinski definition) is 1. The summed E-state index contributed by atoms with van der Waals surface area (Å²) in [6, 6.07) is 7.18. The molecule has 24 heavy (non-hydrogen) atoms. The predicted molar refractivity (Wildman–Crippen MR) is 85.7 cm³/mol. The highest BCUT2D eigenvalue weighted by Gasteiger charge is 2.17. The summed E-state index contributed by atoms with van der Waals surface area (Å²) in [6.07, 6.45) is 3.28. The summed E-state index contributed by atoms with van der Waals surface area (Å²) in [5.41, 5.74) is 1.28. The first-order chi connectivity index (χ1) is 11.4. The number of benzene rings is 1. The molecule has 0 fully saturated rings. The molecule has 0 amide bonds. The van der Waals surface area contributed by atoms with Crippen molar-refractivity contribution in [2.75, 3.05) is 26.6 Å². The summed E-state index contributed by atoms with van der Waals surface area (Å²) in [5.74, 6) is -2.47. The Morgan fingerprint density at radius 3 is 2.04 bits per heavy atom. The van der Waals surface area contributed by atoms with Crippen LogP contribution in [0.15, 0.2) is 41.6 Å². The Kier molecular flexibility index (Phi) is 7.22. The van der Waals surface area contributed by atoms with Gasteiger partial charge in [-0.3, -0.25) is 0 Å². The summed E-state index contributed by atoms with van der Waals surface area (Å²) in [4.78, 5) is 35.0. The van der Waals surface area contributed by atoms with Gasteiger partial charge in [0.05, 0.1) is 33.0 Å². The van der Waals surface area contributed by atoms with Crippen molar-refractivity contribution in [2.45, 2.75) is 6.92 Å². The molecule has 0 heterocycles. The van der Waals surface area contributed by atoms with Crippen LogP contribution in [-0.4, -0.2) is 39.2 Å². The molecule has 0 aromatic heterocycles. The number of aryl methyl sites for hydroxylation is 1. The largest absolute Gasteiger partial charge is 0.465 e. The first-order valence-corrected chi connectivity index (χ1v) is 6.85. The fourth-order valence-corrected chi connectivity index (χ4v) is 1.61. The maximum absolute atomic E-state index is 11.9. The molecule has 0 atom stereocenters. The Bertz CT molecular complexity index is 673. The number of anilines is 1. The Balaban J connectivity index is 3.24. The second-order valence-corrected chi connectivity index (χ2v) is 4.56. The maximum atomic E-state index is 11.9. The van der Waals surface area contributed by atoms with Crippen LogP contribution >= 0.6 is 0 Å². The highest BCUT2D eigenvalue weighted by atomic mass is 16.5. The number of ether oxygens (including phenoxy) is 3. The SMILES string of the molecule is COC(=O)[C]=C(/C=C(\Nc1ccc(C)cc1)C(=O)OC)C(=O)OC. The van der Waals surface area contributed by atoms with Crippen LogP contribution < -0.4 is 5.32 Å². The van der Waals surface area contributed by atoms with E-state index in [0.717, 1.165) is 25.9 Å². The minimum absolute atomic E-state index is 0.0712. The third kappa shape index (κ3) is 5.60. The van der Waals surface area contributed by atoms with E-state index in [1.165, 1.54) is 7.11 Å². The quantitative estimate of drug-likeness (QED) is 0.366. The van der Waals surface area contributed by atoms with Gasteiger partial charge in [0.15, 0.2) is 0 Å². The van der Waals surface area contributed by atoms with Gasteiger partial charge in [-0.15, -0.1) is 0 Å². The summed E-state index contributed by atoms with van der Waals surface area (Å²) in [6.45, 7) is 1.92. The smallest absolute Gasteiger partial charge is 0.354 e. The molecule has 1 aromatic carbocycles. The number of rotatable bonds is 6. The van der Waals surface area contributed by atoms with Gasteiger partial charge in [0.25, 0.3) is 0 Å². The van der Waals surface area contributed by atoms with Crippen LogP contribution in [0.25, 0.3) is 0 Å². The Hall–Kier alpha value is -3.09. The summed E-state index contributed by atoms with van der Waals surface area (Å²) >= 11 is 0. The highest BCUT2D eigenvalue weighted by Crippen LogP contribution is 2.14. The van der Waals surface area contributed by atoms with E-state index in [1.807, 2.05) is 19.1 Å². The monoisotopic (exact) mass is 332 g/mol. The van der Waals surface area contributed by atoms with Crippen molar-refractivity contribution in [3.63, 3.8) is 0 Å². The predicted octanol–water partition coefficient (Wildman–Crippen LogP) is 1.54. The molecule has 0 saturated carbocycles. The van der Waals surface area contributed by atoms with Crippen molar-refractivity contribution < 1.29 is 28.6 Å². The molecule has 0 saturated heterocycles. The van der Waals surface area contributed by atoms with Crippen molar-refractivity contribution in [1.82, 2.24) is 0 Å². The van der Waals surface area contributed by atoms with E-state index >= 15 is 0 Å². The van der Waals surface area contributed by atoms with Gasteiger partial charge in [-0.05, 0) is 25.1 Å². The van der Waals surface area contributed by atoms with Crippen LogP contribution in [0.1, 0.15) is 5.56 Å². The zero-order chi connectivity index (χ0) is 18.1. The van der Waals surface area contributed by atoms with Gasteiger partial charge in [0.2, 0.25) is 0 Å². The third-order valence-corrected chi connectivity index (χ3v) is 2.85. The minimum atomic E-state index is -0.883. The lowest BCUT2D eigenvalue weighted by Crippen LogP contribution is -2.16. The Labute approximate surface area is 139 Å². The van der Waals surface area contributed by atoms with E-state index < -0.39 is 17.9 Å². The second-order valence-electron chi connectivity index (χ2n) is 4.56. The average Bonchev–Trinajstić information content (AvgIpc) is 2.60. The number of methoxy groups -OCH3 is 3. The summed E-state index contributed by atoms with van der Waals surface area (Å²) < 4.78 is 13.7. The molecule has 7 heteroatoms. The molecule has 1 radical (unpaired) electrons. The van der Waals surface area contributed by atoms with Crippen molar-refractivity contribution in [3.05, 3.63) is 53.3 Å². The molecular weight excluding hydrogens is 314 g/mol. The Morgan fingerprint density at radius 1 is 0.958 bits per heavy atom. The lowest BCUT2D eigenvalue weighted by Gasteiger charge is -2.10. The van der Waals surface area contributed by atoms with Crippen molar-refractivity contribution >= 4 is 23.6 Å². The van der Waals surface area contributed by atoms with Gasteiger partial charge < -0.3 is 19.5 Å². The highest BCUT2D eigenvalue weighted by molar-refractivity contribution is 6.00. The molecule has 0 bridgehead atoms. The Morgan fingerprint density at radius 2 is 1.54 bits per heavy atom. The standard InChI is InChI=1S/C17H18NO6/c1-11-5-7-13(8-6-11)18-14(17(21)24-4)9-12(16(20)23-3)10-15(19)22-2/h5-9,18H,1-4H3/b12-10?,14-9-. The van der Waals surface area contributed by atoms with Gasteiger partial charge in [0.1, 0.15) is 5.70 Å². The number of nitrogens with one attached hydrogen (secondary N) is 1. The molecule has 127 valence electrons. The zero-order valence-electron chi connectivity index (χ0n) is 13.8. The van der Waals surface area contributed by atoms with E-state index in [1.54, 1.807) is 12.1 Å². The van der Waals surface area contributed by atoms with Crippen molar-refractivity contribution in [3.8, 4) is 0 Å². The zero-order valence-corrected chi connectivity index (χ0v) is 13.8. The van der Waals surface area contributed by atoms with Crippen LogP contribution in [0.2, 0.25) is 0 Å². The fourth-order valence-electron chi connectivity index (χ4n) is 1.61. The van der Waals surface area contributed by atoms with E-state index in [0.29, 0.717) is 5.69 Å². The van der Waals surface area contributed by atoms with Gasteiger partial charge in [0, 0.05) is 5.69 Å². The van der Waals surface area contributed by atoms with Gasteiger partial charge in [-0.25, -0.2) is 14.4 Å². The first kappa shape index (κ1) is 19.0. The lowest BCUT2D eigenvalue weighted by atomic mass is 10.2. The van der Waals surface area contributed by atoms with Crippen LogP contribution in [0, 0.1) is 13.0 Å². The molecule has 1 aromatic rings. The summed E-state index contributed by atoms with van der Waals surface area (Å²) in [7, 11) is 3.47. The van der Waals surface area contributed by atoms with E-state index in [-0.39, 0.29) is 11.3 Å². The van der Waals surface area contributed by atoms with Crippen LogP contribution in [-0.2, 0) is 28.6 Å². The molecule has 1 N–H and O–H groups in total. The number of carbonyl (C=O) groups excluding carboxylic acids is 3. The number of hydrogen-bond acceptors (Lipinski definition) is 7. The molecule has 7 nitrogen and oxygen atoms in total. The van der Waals surface area contributed by atoms with Crippen molar-refractivity contribution in [1.29, 1.82) is 0 Å². The van der Waals surface area contributed by atoms with Crippen LogP contribution in [0.5, 0.6) is 0 Å². The number of carbonyl (C=O) groups is 3. The lowest BCUT2D eigenvalue weighted by molar-refractivity contribution is -0.138. The molecule has 0 aliphatic carbocycles. The molecule has 1 rings (SSSR count). The van der Waals surface area contributed by atoms with Crippen LogP contribution in [0.3, 0.4) is 0 Å². The molecule has 0 aliphatic rings. The number of esters is 3. The molecular formula is C17H18NO6. The van der Waals surface area contributed by atoms with Crippen LogP contribution in [0.4, 0.5) is 5.69 Å². The van der Waals surface area contributed by atoms with E-state index in [2.05, 4.69) is 25.6 Å². The van der Waals surface area contributed by atoms with Gasteiger partial charge in [-0.2, -0.15) is 0 Å². The topological polar surface area (TPSA) is 90.9 Å². The fraction of sp³-hybridized carbons (Fsp3) is 0.235. The third-order valence-electron chi connectivity index (χ3n) is 2.85. The van der Waals surface area contributed by atoms with Gasteiger partial charge in [-0.1, -0.05) is 17.7 Å². The van der Waals surface area contributed by atoms with Gasteiger partial charge >= 0.3 is 17.9 Å². The van der Waals surface area contributed by atoms with E-state index in [4.69, 9.17) is 0 Å². The second kappa shape index (κ2) is 9.14. The minimum Gasteiger partial charge on any atom is -0.465 e. The van der Waals surface area contributed by atoms with E-state index in [9.17, 15) is 14.4 Å². The molecule has 0 aliphatic heterocycles.